The van der Waals surface area contributed by atoms with Crippen LogP contribution in [0.15, 0.2) is 54.6 Å². The average Bonchev–Trinajstić information content (AvgIpc) is 2.97. The summed E-state index contributed by atoms with van der Waals surface area (Å²) in [6.45, 7) is 2.06. The number of nitro groups is 1. The van der Waals surface area contributed by atoms with Crippen LogP contribution < -0.4 is 0 Å². The van der Waals surface area contributed by atoms with Gasteiger partial charge in [0.15, 0.2) is 0 Å². The number of aromatic nitrogens is 2. The first-order valence-electron chi connectivity index (χ1n) is 8.19. The standard InChI is InChI=1S/C19H18FN3O2/c1-2-3-9-17-18(14-7-5-4-6-8-14)21-22(19(17)20)15-10-12-16(13-11-15)23(24)25/h4-8,10-13H,2-3,9H2,1H3. The molecule has 1 heterocycles. The lowest BCUT2D eigenvalue weighted by molar-refractivity contribution is -0.384. The summed E-state index contributed by atoms with van der Waals surface area (Å²) < 4.78 is 16.2. The Morgan fingerprint density at radius 2 is 1.80 bits per heavy atom. The van der Waals surface area contributed by atoms with E-state index in [1.165, 1.54) is 28.9 Å². The van der Waals surface area contributed by atoms with Crippen LogP contribution in [0.5, 0.6) is 0 Å². The number of halogens is 1. The molecule has 1 aromatic heterocycles. The van der Waals surface area contributed by atoms with Gasteiger partial charge in [0.05, 0.1) is 16.3 Å². The molecule has 0 aliphatic carbocycles. The Hall–Kier alpha value is -3.02. The van der Waals surface area contributed by atoms with Gasteiger partial charge in [0, 0.05) is 23.3 Å². The van der Waals surface area contributed by atoms with E-state index >= 15 is 4.39 Å². The van der Waals surface area contributed by atoms with Crippen molar-refractivity contribution < 1.29 is 9.31 Å². The molecular weight excluding hydrogens is 321 g/mol. The Kier molecular flexibility index (Phi) is 4.88. The quantitative estimate of drug-likeness (QED) is 0.472. The molecule has 3 aromatic rings. The molecule has 0 radical (unpaired) electrons. The SMILES string of the molecule is CCCCc1c(-c2ccccc2)nn(-c2ccc([N+](=O)[O-])cc2)c1F. The molecule has 0 aliphatic heterocycles. The van der Waals surface area contributed by atoms with Gasteiger partial charge < -0.3 is 0 Å². The van der Waals surface area contributed by atoms with Gasteiger partial charge in [-0.05, 0) is 25.0 Å². The Morgan fingerprint density at radius 1 is 1.12 bits per heavy atom. The predicted molar refractivity (Wildman–Crippen MR) is 94.2 cm³/mol. The lowest BCUT2D eigenvalue weighted by Crippen LogP contribution is -2.01. The lowest BCUT2D eigenvalue weighted by atomic mass is 10.0. The number of unbranched alkanes of at least 4 members (excludes halogenated alkanes) is 1. The second kappa shape index (κ2) is 7.25. The zero-order valence-corrected chi connectivity index (χ0v) is 13.9. The molecule has 0 saturated heterocycles. The number of nitrogens with zero attached hydrogens (tertiary/aromatic N) is 3. The maximum Gasteiger partial charge on any atom is 0.269 e. The molecule has 0 spiro atoms. The Bertz CT molecular complexity index is 874. The highest BCUT2D eigenvalue weighted by molar-refractivity contribution is 5.63. The van der Waals surface area contributed by atoms with Crippen molar-refractivity contribution in [2.24, 2.45) is 0 Å². The number of hydrogen-bond acceptors (Lipinski definition) is 3. The van der Waals surface area contributed by atoms with Crippen molar-refractivity contribution in [1.82, 2.24) is 9.78 Å². The summed E-state index contributed by atoms with van der Waals surface area (Å²) in [7, 11) is 0. The highest BCUT2D eigenvalue weighted by Crippen LogP contribution is 2.28. The van der Waals surface area contributed by atoms with E-state index in [9.17, 15) is 10.1 Å². The molecule has 0 bridgehead atoms. The maximum absolute atomic E-state index is 15.0. The van der Waals surface area contributed by atoms with Crippen molar-refractivity contribution >= 4 is 5.69 Å². The predicted octanol–water partition coefficient (Wildman–Crippen LogP) is 4.93. The maximum atomic E-state index is 15.0. The summed E-state index contributed by atoms with van der Waals surface area (Å²) in [5, 5.41) is 15.2. The number of non-ortho nitro benzene ring substituents is 1. The summed E-state index contributed by atoms with van der Waals surface area (Å²) >= 11 is 0. The van der Waals surface area contributed by atoms with Crippen LogP contribution in [0.1, 0.15) is 25.3 Å². The summed E-state index contributed by atoms with van der Waals surface area (Å²) in [5.74, 6) is -0.416. The highest BCUT2D eigenvalue weighted by atomic mass is 19.1. The Labute approximate surface area is 144 Å². The third-order valence-corrected chi connectivity index (χ3v) is 4.05. The van der Waals surface area contributed by atoms with Gasteiger partial charge in [0.2, 0.25) is 5.95 Å². The molecule has 25 heavy (non-hydrogen) atoms. The lowest BCUT2D eigenvalue weighted by Gasteiger charge is -2.02. The van der Waals surface area contributed by atoms with Crippen LogP contribution >= 0.6 is 0 Å². The van der Waals surface area contributed by atoms with Crippen molar-refractivity contribution in [3.8, 4) is 16.9 Å². The van der Waals surface area contributed by atoms with Gasteiger partial charge in [-0.2, -0.15) is 9.49 Å². The van der Waals surface area contributed by atoms with E-state index in [-0.39, 0.29) is 5.69 Å². The van der Waals surface area contributed by atoms with Crippen LogP contribution in [0.25, 0.3) is 16.9 Å². The minimum atomic E-state index is -0.481. The topological polar surface area (TPSA) is 61.0 Å². The summed E-state index contributed by atoms with van der Waals surface area (Å²) in [6.07, 6.45) is 2.42. The molecule has 0 amide bonds. The normalized spacial score (nSPS) is 10.8. The molecule has 0 saturated carbocycles. The molecule has 0 fully saturated rings. The van der Waals surface area contributed by atoms with Crippen molar-refractivity contribution in [2.45, 2.75) is 26.2 Å². The van der Waals surface area contributed by atoms with Crippen LogP contribution in [-0.2, 0) is 6.42 Å². The van der Waals surface area contributed by atoms with Crippen molar-refractivity contribution in [1.29, 1.82) is 0 Å². The third-order valence-electron chi connectivity index (χ3n) is 4.05. The van der Waals surface area contributed by atoms with E-state index in [4.69, 9.17) is 0 Å². The first-order chi connectivity index (χ1) is 12.1. The van der Waals surface area contributed by atoms with E-state index in [2.05, 4.69) is 12.0 Å². The van der Waals surface area contributed by atoms with Gasteiger partial charge in [-0.1, -0.05) is 43.7 Å². The fraction of sp³-hybridized carbons (Fsp3) is 0.211. The van der Waals surface area contributed by atoms with Gasteiger partial charge >= 0.3 is 0 Å². The number of nitro benzene ring substituents is 1. The van der Waals surface area contributed by atoms with Gasteiger partial charge in [-0.3, -0.25) is 10.1 Å². The van der Waals surface area contributed by atoms with Crippen molar-refractivity contribution in [3.05, 3.63) is 76.2 Å². The van der Waals surface area contributed by atoms with Crippen molar-refractivity contribution in [3.63, 3.8) is 0 Å². The van der Waals surface area contributed by atoms with E-state index in [1.54, 1.807) is 0 Å². The molecule has 0 atom stereocenters. The highest BCUT2D eigenvalue weighted by Gasteiger charge is 2.20. The largest absolute Gasteiger partial charge is 0.269 e. The van der Waals surface area contributed by atoms with Gasteiger partial charge in [0.25, 0.3) is 5.69 Å². The molecule has 0 unspecified atom stereocenters. The average molecular weight is 339 g/mol. The van der Waals surface area contributed by atoms with Crippen LogP contribution in [0.2, 0.25) is 0 Å². The fourth-order valence-electron chi connectivity index (χ4n) is 2.72. The van der Waals surface area contributed by atoms with E-state index in [1.807, 2.05) is 30.3 Å². The smallest absolute Gasteiger partial charge is 0.258 e. The molecule has 2 aromatic carbocycles. The van der Waals surface area contributed by atoms with Gasteiger partial charge in [-0.25, -0.2) is 4.68 Å². The summed E-state index contributed by atoms with van der Waals surface area (Å²) in [6, 6.07) is 15.2. The minimum absolute atomic E-state index is 0.0363. The number of hydrogen-bond donors (Lipinski definition) is 0. The first-order valence-corrected chi connectivity index (χ1v) is 8.19. The second-order valence-corrected chi connectivity index (χ2v) is 5.77. The summed E-state index contributed by atoms with van der Waals surface area (Å²) in [5.41, 5.74) is 2.47. The van der Waals surface area contributed by atoms with Gasteiger partial charge in [0.1, 0.15) is 0 Å². The molecule has 0 N–H and O–H groups in total. The molecular formula is C19H18FN3O2. The number of rotatable bonds is 6. The second-order valence-electron chi connectivity index (χ2n) is 5.77. The molecule has 128 valence electrons. The van der Waals surface area contributed by atoms with E-state index in [0.29, 0.717) is 23.4 Å². The Balaban J connectivity index is 2.08. The number of benzene rings is 2. The molecule has 6 heteroatoms. The molecule has 3 rings (SSSR count). The van der Waals surface area contributed by atoms with E-state index in [0.717, 1.165) is 18.4 Å². The Morgan fingerprint density at radius 3 is 2.40 bits per heavy atom. The van der Waals surface area contributed by atoms with E-state index < -0.39 is 10.9 Å². The zero-order valence-electron chi connectivity index (χ0n) is 13.9. The van der Waals surface area contributed by atoms with Crippen molar-refractivity contribution in [2.75, 3.05) is 0 Å². The van der Waals surface area contributed by atoms with Crippen LogP contribution in [-0.4, -0.2) is 14.7 Å². The third kappa shape index (κ3) is 3.42. The van der Waals surface area contributed by atoms with Gasteiger partial charge in [-0.15, -0.1) is 0 Å². The molecule has 0 aliphatic rings. The first kappa shape index (κ1) is 16.8. The minimum Gasteiger partial charge on any atom is -0.258 e. The van der Waals surface area contributed by atoms with Crippen LogP contribution in [0.3, 0.4) is 0 Å². The zero-order chi connectivity index (χ0) is 17.8. The monoisotopic (exact) mass is 339 g/mol. The fourth-order valence-corrected chi connectivity index (χ4v) is 2.72. The summed E-state index contributed by atoms with van der Waals surface area (Å²) in [4.78, 5) is 10.3. The molecule has 5 nitrogen and oxygen atoms in total. The van der Waals surface area contributed by atoms with Crippen LogP contribution in [0.4, 0.5) is 10.1 Å². The van der Waals surface area contributed by atoms with Crippen LogP contribution in [0, 0.1) is 16.1 Å².